The summed E-state index contributed by atoms with van der Waals surface area (Å²) in [4.78, 5) is 20.0. The van der Waals surface area contributed by atoms with E-state index in [2.05, 4.69) is 0 Å². The number of aromatic nitrogens is 1. The van der Waals surface area contributed by atoms with Gasteiger partial charge >= 0.3 is 0 Å². The molecule has 0 bridgehead atoms. The number of rotatable bonds is 6. The molecule has 1 saturated heterocycles. The lowest BCUT2D eigenvalue weighted by atomic mass is 10.1. The Morgan fingerprint density at radius 1 is 1.23 bits per heavy atom. The molecule has 0 unspecified atom stereocenters. The van der Waals surface area contributed by atoms with Gasteiger partial charge in [0, 0.05) is 12.9 Å². The number of benzene rings is 2. The quantitative estimate of drug-likeness (QED) is 0.579. The van der Waals surface area contributed by atoms with E-state index in [0.717, 1.165) is 40.8 Å². The van der Waals surface area contributed by atoms with Gasteiger partial charge < -0.3 is 4.74 Å². The second-order valence-electron chi connectivity index (χ2n) is 7.65. The highest BCUT2D eigenvalue weighted by Gasteiger charge is 2.26. The van der Waals surface area contributed by atoms with Gasteiger partial charge in [0.05, 0.1) is 34.2 Å². The van der Waals surface area contributed by atoms with E-state index >= 15 is 0 Å². The molecule has 0 aliphatic carbocycles. The maximum atomic E-state index is 13.3. The van der Waals surface area contributed by atoms with Crippen molar-refractivity contribution in [3.05, 3.63) is 53.6 Å². The van der Waals surface area contributed by atoms with Crippen molar-refractivity contribution in [2.75, 3.05) is 24.3 Å². The molecule has 3 aromatic rings. The molecule has 0 spiro atoms. The molecule has 6 nitrogen and oxygen atoms in total. The van der Waals surface area contributed by atoms with E-state index in [4.69, 9.17) is 9.72 Å². The fraction of sp³-hybridized carbons (Fsp3) is 0.364. The monoisotopic (exact) mass is 444 g/mol. The molecule has 30 heavy (non-hydrogen) atoms. The van der Waals surface area contributed by atoms with E-state index in [0.29, 0.717) is 11.7 Å². The maximum absolute atomic E-state index is 13.3. The minimum Gasteiger partial charge on any atom is -0.376 e. The number of amides is 1. The van der Waals surface area contributed by atoms with Crippen LogP contribution in [0.3, 0.4) is 0 Å². The summed E-state index contributed by atoms with van der Waals surface area (Å²) in [6.45, 7) is 3.21. The molecule has 0 radical (unpaired) electrons. The van der Waals surface area contributed by atoms with Gasteiger partial charge in [0.2, 0.25) is 5.91 Å². The number of fused-ring (bicyclic) bond motifs is 1. The Morgan fingerprint density at radius 2 is 2.00 bits per heavy atom. The first-order valence-corrected chi connectivity index (χ1v) is 12.6. The Labute approximate surface area is 180 Å². The average Bonchev–Trinajstić information content (AvgIpc) is 3.36. The molecule has 1 aliphatic heterocycles. The molecule has 1 aliphatic rings. The van der Waals surface area contributed by atoms with Crippen LogP contribution in [0.25, 0.3) is 10.2 Å². The molecule has 0 saturated carbocycles. The molecule has 8 heteroatoms. The van der Waals surface area contributed by atoms with Crippen LogP contribution in [-0.4, -0.2) is 44.8 Å². The number of sulfone groups is 1. The lowest BCUT2D eigenvalue weighted by Crippen LogP contribution is -2.38. The van der Waals surface area contributed by atoms with Gasteiger partial charge in [-0.05, 0) is 49.1 Å². The molecule has 1 amide bonds. The number of para-hydroxylation sites is 1. The Morgan fingerprint density at radius 3 is 2.63 bits per heavy atom. The third-order valence-electron chi connectivity index (χ3n) is 5.26. The zero-order valence-corrected chi connectivity index (χ0v) is 18.6. The van der Waals surface area contributed by atoms with Crippen LogP contribution in [0.2, 0.25) is 0 Å². The van der Waals surface area contributed by atoms with E-state index in [9.17, 15) is 13.2 Å². The van der Waals surface area contributed by atoms with Gasteiger partial charge in [0.1, 0.15) is 0 Å². The highest BCUT2D eigenvalue weighted by molar-refractivity contribution is 7.90. The molecule has 0 N–H and O–H groups in total. The lowest BCUT2D eigenvalue weighted by molar-refractivity contribution is -0.118. The molecule has 1 fully saturated rings. The van der Waals surface area contributed by atoms with Crippen molar-refractivity contribution >= 4 is 42.4 Å². The predicted molar refractivity (Wildman–Crippen MR) is 119 cm³/mol. The van der Waals surface area contributed by atoms with Gasteiger partial charge in [-0.2, -0.15) is 0 Å². The molecule has 1 atom stereocenters. The van der Waals surface area contributed by atoms with Gasteiger partial charge in [-0.3, -0.25) is 9.69 Å². The molecule has 2 heterocycles. The number of anilines is 1. The van der Waals surface area contributed by atoms with Crippen molar-refractivity contribution in [3.63, 3.8) is 0 Å². The third-order valence-corrected chi connectivity index (χ3v) is 7.43. The number of ether oxygens (including phenoxy) is 1. The van der Waals surface area contributed by atoms with Gasteiger partial charge in [0.15, 0.2) is 15.0 Å². The first kappa shape index (κ1) is 21.0. The van der Waals surface area contributed by atoms with E-state index in [1.807, 2.05) is 25.1 Å². The van der Waals surface area contributed by atoms with Gasteiger partial charge in [-0.25, -0.2) is 13.4 Å². The zero-order chi connectivity index (χ0) is 21.3. The van der Waals surface area contributed by atoms with Crippen LogP contribution in [0.5, 0.6) is 0 Å². The zero-order valence-electron chi connectivity index (χ0n) is 17.0. The van der Waals surface area contributed by atoms with Crippen molar-refractivity contribution in [3.8, 4) is 0 Å². The molecular weight excluding hydrogens is 420 g/mol. The van der Waals surface area contributed by atoms with Crippen molar-refractivity contribution in [1.29, 1.82) is 0 Å². The standard InChI is InChI=1S/C22H24N2O4S2/c1-15-5-3-7-19-21(15)23-22(29-19)24(14-17-6-4-12-28-17)20(25)13-16-8-10-18(11-9-16)30(2,26)27/h3,5,7-11,17H,4,6,12-14H2,1-2H3/t17-/m1/s1. The molecular formula is C22H24N2O4S2. The van der Waals surface area contributed by atoms with E-state index < -0.39 is 9.84 Å². The summed E-state index contributed by atoms with van der Waals surface area (Å²) in [6.07, 6.45) is 3.28. The number of carbonyl (C=O) groups is 1. The fourth-order valence-corrected chi connectivity index (χ4v) is 5.29. The van der Waals surface area contributed by atoms with Crippen LogP contribution in [0, 0.1) is 6.92 Å². The number of nitrogens with zero attached hydrogens (tertiary/aromatic N) is 2. The van der Waals surface area contributed by atoms with Crippen LogP contribution < -0.4 is 4.90 Å². The topological polar surface area (TPSA) is 76.6 Å². The van der Waals surface area contributed by atoms with Crippen molar-refractivity contribution in [2.45, 2.75) is 37.2 Å². The van der Waals surface area contributed by atoms with E-state index in [-0.39, 0.29) is 23.3 Å². The molecule has 2 aromatic carbocycles. The summed E-state index contributed by atoms with van der Waals surface area (Å²) in [5, 5.41) is 0.674. The van der Waals surface area contributed by atoms with Crippen LogP contribution in [0.1, 0.15) is 24.0 Å². The summed E-state index contributed by atoms with van der Waals surface area (Å²) in [6, 6.07) is 12.5. The van der Waals surface area contributed by atoms with Crippen molar-refractivity contribution in [1.82, 2.24) is 4.98 Å². The normalized spacial score (nSPS) is 16.8. The first-order chi connectivity index (χ1) is 14.3. The summed E-state index contributed by atoms with van der Waals surface area (Å²) < 4.78 is 30.2. The highest BCUT2D eigenvalue weighted by Crippen LogP contribution is 2.32. The Balaban J connectivity index is 1.61. The van der Waals surface area contributed by atoms with Crippen LogP contribution in [0.15, 0.2) is 47.4 Å². The number of hydrogen-bond donors (Lipinski definition) is 0. The van der Waals surface area contributed by atoms with Gasteiger partial charge in [0.25, 0.3) is 0 Å². The van der Waals surface area contributed by atoms with Crippen molar-refractivity contribution in [2.24, 2.45) is 0 Å². The van der Waals surface area contributed by atoms with Crippen LogP contribution >= 0.6 is 11.3 Å². The maximum Gasteiger partial charge on any atom is 0.233 e. The molecule has 4 rings (SSSR count). The number of carbonyl (C=O) groups excluding carboxylic acids is 1. The Hall–Kier alpha value is -2.29. The van der Waals surface area contributed by atoms with Gasteiger partial charge in [-0.15, -0.1) is 0 Å². The summed E-state index contributed by atoms with van der Waals surface area (Å²) in [7, 11) is -3.26. The van der Waals surface area contributed by atoms with Gasteiger partial charge in [-0.1, -0.05) is 35.6 Å². The van der Waals surface area contributed by atoms with Crippen LogP contribution in [-0.2, 0) is 25.8 Å². The first-order valence-electron chi connectivity index (χ1n) is 9.88. The Kier molecular flexibility index (Phi) is 5.90. The third kappa shape index (κ3) is 4.55. The minimum atomic E-state index is -3.26. The minimum absolute atomic E-state index is 0.00895. The number of thiazole rings is 1. The van der Waals surface area contributed by atoms with E-state index in [1.165, 1.54) is 17.6 Å². The van der Waals surface area contributed by atoms with Crippen LogP contribution in [0.4, 0.5) is 5.13 Å². The number of aryl methyl sites for hydroxylation is 1. The molecule has 158 valence electrons. The van der Waals surface area contributed by atoms with E-state index in [1.54, 1.807) is 29.2 Å². The average molecular weight is 445 g/mol. The Bertz CT molecular complexity index is 1160. The fourth-order valence-electron chi connectivity index (χ4n) is 3.59. The second-order valence-corrected chi connectivity index (χ2v) is 10.7. The van der Waals surface area contributed by atoms with Crippen molar-refractivity contribution < 1.29 is 17.9 Å². The SMILES string of the molecule is Cc1cccc2sc(N(C[C@H]3CCCO3)C(=O)Cc3ccc(S(C)(=O)=O)cc3)nc12. The summed E-state index contributed by atoms with van der Waals surface area (Å²) in [5.41, 5.74) is 2.76. The highest BCUT2D eigenvalue weighted by atomic mass is 32.2. The predicted octanol–water partition coefficient (Wildman–Crippen LogP) is 3.76. The second kappa shape index (κ2) is 8.45. The summed E-state index contributed by atoms with van der Waals surface area (Å²) in [5.74, 6) is -0.0747. The number of hydrogen-bond acceptors (Lipinski definition) is 6. The smallest absolute Gasteiger partial charge is 0.233 e. The lowest BCUT2D eigenvalue weighted by Gasteiger charge is -2.23. The summed E-state index contributed by atoms with van der Waals surface area (Å²) >= 11 is 1.51. The largest absolute Gasteiger partial charge is 0.376 e. The molecule has 1 aromatic heterocycles.